The summed E-state index contributed by atoms with van der Waals surface area (Å²) in [5.41, 5.74) is 2.18. The third-order valence-electron chi connectivity index (χ3n) is 5.19. The summed E-state index contributed by atoms with van der Waals surface area (Å²) in [6.07, 6.45) is 0.737. The van der Waals surface area contributed by atoms with Crippen molar-refractivity contribution in [1.29, 1.82) is 0 Å². The van der Waals surface area contributed by atoms with Crippen LogP contribution in [0, 0.1) is 0 Å². The highest BCUT2D eigenvalue weighted by molar-refractivity contribution is 5.88. The molecule has 0 radical (unpaired) electrons. The van der Waals surface area contributed by atoms with E-state index in [4.69, 9.17) is 9.47 Å². The zero-order valence-electron chi connectivity index (χ0n) is 18.7. The number of rotatable bonds is 6. The third kappa shape index (κ3) is 7.46. The zero-order valence-corrected chi connectivity index (χ0v) is 18.7. The van der Waals surface area contributed by atoms with Gasteiger partial charge in [-0.25, -0.2) is 4.79 Å². The van der Waals surface area contributed by atoms with Crippen molar-refractivity contribution in [2.75, 3.05) is 25.0 Å². The molecule has 7 nitrogen and oxygen atoms in total. The second-order valence-corrected chi connectivity index (χ2v) is 7.88. The van der Waals surface area contributed by atoms with E-state index in [1.165, 1.54) is 17.7 Å². The molecule has 182 valence electrons. The van der Waals surface area contributed by atoms with Crippen LogP contribution < -0.4 is 14.8 Å². The number of ether oxygens (including phenoxy) is 2. The van der Waals surface area contributed by atoms with Gasteiger partial charge in [0.25, 0.3) is 0 Å². The van der Waals surface area contributed by atoms with Gasteiger partial charge in [-0.1, -0.05) is 23.8 Å². The molecule has 1 aliphatic rings. The molecular formula is C25H23F3N4O3. The van der Waals surface area contributed by atoms with Crippen LogP contribution in [0.3, 0.4) is 0 Å². The molecule has 0 unspecified atom stereocenters. The van der Waals surface area contributed by atoms with Gasteiger partial charge in [-0.2, -0.15) is 18.3 Å². The number of carbonyl (C=O) groups is 1. The highest BCUT2D eigenvalue weighted by Crippen LogP contribution is 2.27. The van der Waals surface area contributed by atoms with E-state index in [1.807, 2.05) is 18.2 Å². The summed E-state index contributed by atoms with van der Waals surface area (Å²) >= 11 is 0. The van der Waals surface area contributed by atoms with Crippen molar-refractivity contribution in [3.63, 3.8) is 0 Å². The van der Waals surface area contributed by atoms with E-state index in [1.54, 1.807) is 41.4 Å². The van der Waals surface area contributed by atoms with Gasteiger partial charge in [0, 0.05) is 19.3 Å². The largest absolute Gasteiger partial charge is 0.484 e. The number of alkyl halides is 3. The van der Waals surface area contributed by atoms with Gasteiger partial charge in [0.15, 0.2) is 12.4 Å². The molecule has 3 aromatic rings. The molecule has 1 aliphatic heterocycles. The molecule has 2 heterocycles. The average Bonchev–Trinajstić information content (AvgIpc) is 2.84. The molecule has 0 bridgehead atoms. The number of anilines is 1. The van der Waals surface area contributed by atoms with Crippen molar-refractivity contribution in [2.45, 2.75) is 19.0 Å². The third-order valence-corrected chi connectivity index (χ3v) is 5.19. The van der Waals surface area contributed by atoms with Crippen LogP contribution in [-0.4, -0.2) is 47.0 Å². The van der Waals surface area contributed by atoms with E-state index < -0.39 is 12.8 Å². The molecule has 0 spiro atoms. The first-order valence-corrected chi connectivity index (χ1v) is 10.9. The van der Waals surface area contributed by atoms with Gasteiger partial charge in [0.1, 0.15) is 17.2 Å². The maximum absolute atomic E-state index is 12.4. The number of nitrogens with one attached hydrogen (secondary N) is 1. The van der Waals surface area contributed by atoms with Crippen molar-refractivity contribution in [2.24, 2.45) is 0 Å². The number of halogens is 3. The number of hydrogen-bond donors (Lipinski definition) is 1. The minimum Gasteiger partial charge on any atom is -0.484 e. The molecule has 1 saturated heterocycles. The van der Waals surface area contributed by atoms with Gasteiger partial charge in [-0.3, -0.25) is 5.32 Å². The normalized spacial score (nSPS) is 13.8. The Bertz CT molecular complexity index is 1160. The first-order valence-electron chi connectivity index (χ1n) is 10.9. The van der Waals surface area contributed by atoms with Gasteiger partial charge in [0.05, 0.1) is 0 Å². The van der Waals surface area contributed by atoms with Crippen molar-refractivity contribution >= 4 is 17.9 Å². The quantitative estimate of drug-likeness (QED) is 0.470. The summed E-state index contributed by atoms with van der Waals surface area (Å²) in [5.74, 6) is 1.62. The fourth-order valence-electron chi connectivity index (χ4n) is 3.51. The second-order valence-electron chi connectivity index (χ2n) is 7.88. The lowest BCUT2D eigenvalue weighted by atomic mass is 10.0. The van der Waals surface area contributed by atoms with E-state index in [0.717, 1.165) is 18.4 Å². The number of aromatic nitrogens is 2. The minimum absolute atomic E-state index is 0.116. The maximum Gasteiger partial charge on any atom is 0.422 e. The van der Waals surface area contributed by atoms with Crippen LogP contribution in [-0.2, 0) is 0 Å². The fraction of sp³-hybridized carbons (Fsp3) is 0.240. The number of piperidine rings is 1. The van der Waals surface area contributed by atoms with Gasteiger partial charge in [-0.15, -0.1) is 5.10 Å². The first kappa shape index (κ1) is 24.1. The molecule has 4 rings (SSSR count). The van der Waals surface area contributed by atoms with Crippen LogP contribution in [0.25, 0.3) is 6.08 Å². The van der Waals surface area contributed by atoms with Crippen LogP contribution in [0.5, 0.6) is 17.2 Å². The molecule has 1 fully saturated rings. The molecule has 0 saturated carbocycles. The lowest BCUT2D eigenvalue weighted by Gasteiger charge is -2.28. The standard InChI is InChI=1S/C25H23F3N4O3/c26-25(27,28)17-34-20-6-8-21(9-7-20)35-22-4-1-3-19(16-22)15-18-10-13-32(14-11-18)24(33)30-23-5-2-12-29-31-23/h1-9,12,15-16H,10-11,13-14,17H2,(H,30,31,33). The summed E-state index contributed by atoms with van der Waals surface area (Å²) in [7, 11) is 0. The van der Waals surface area contributed by atoms with Crippen molar-refractivity contribution < 1.29 is 27.4 Å². The molecule has 10 heteroatoms. The van der Waals surface area contributed by atoms with E-state index in [0.29, 0.717) is 30.4 Å². The molecule has 35 heavy (non-hydrogen) atoms. The fourth-order valence-corrected chi connectivity index (χ4v) is 3.51. The van der Waals surface area contributed by atoms with E-state index >= 15 is 0 Å². The van der Waals surface area contributed by atoms with Crippen LogP contribution in [0.1, 0.15) is 18.4 Å². The number of amides is 2. The van der Waals surface area contributed by atoms with Crippen molar-refractivity contribution in [1.82, 2.24) is 15.1 Å². The summed E-state index contributed by atoms with van der Waals surface area (Å²) < 4.78 is 47.4. The Morgan fingerprint density at radius 1 is 1.00 bits per heavy atom. The number of carbonyl (C=O) groups excluding carboxylic acids is 1. The smallest absolute Gasteiger partial charge is 0.422 e. The van der Waals surface area contributed by atoms with Crippen molar-refractivity contribution in [3.05, 3.63) is 78.0 Å². The Kier molecular flexibility index (Phi) is 7.49. The van der Waals surface area contributed by atoms with Gasteiger partial charge in [-0.05, 0) is 66.9 Å². The van der Waals surface area contributed by atoms with Crippen LogP contribution in [0.4, 0.5) is 23.8 Å². The zero-order chi connectivity index (χ0) is 24.7. The molecule has 0 aliphatic carbocycles. The van der Waals surface area contributed by atoms with Crippen LogP contribution in [0.2, 0.25) is 0 Å². The highest BCUT2D eigenvalue weighted by Gasteiger charge is 2.28. The van der Waals surface area contributed by atoms with E-state index in [2.05, 4.69) is 21.6 Å². The number of nitrogens with zero attached hydrogens (tertiary/aromatic N) is 3. The average molecular weight is 484 g/mol. The summed E-state index contributed by atoms with van der Waals surface area (Å²) in [5, 5.41) is 10.4. The lowest BCUT2D eigenvalue weighted by Crippen LogP contribution is -2.39. The Hall–Kier alpha value is -4.08. The highest BCUT2D eigenvalue weighted by atomic mass is 19.4. The number of urea groups is 1. The number of benzene rings is 2. The monoisotopic (exact) mass is 484 g/mol. The molecule has 1 aromatic heterocycles. The molecule has 2 aromatic carbocycles. The molecular weight excluding hydrogens is 461 g/mol. The minimum atomic E-state index is -4.38. The Morgan fingerprint density at radius 3 is 2.43 bits per heavy atom. The predicted molar refractivity (Wildman–Crippen MR) is 124 cm³/mol. The summed E-state index contributed by atoms with van der Waals surface area (Å²) in [6.45, 7) is -0.151. The molecule has 0 atom stereocenters. The maximum atomic E-state index is 12.4. The topological polar surface area (TPSA) is 76.6 Å². The van der Waals surface area contributed by atoms with Crippen LogP contribution in [0.15, 0.2) is 72.4 Å². The molecule has 2 amide bonds. The molecule has 1 N–H and O–H groups in total. The van der Waals surface area contributed by atoms with E-state index in [-0.39, 0.29) is 11.8 Å². The van der Waals surface area contributed by atoms with Gasteiger partial charge in [0.2, 0.25) is 0 Å². The van der Waals surface area contributed by atoms with Gasteiger partial charge >= 0.3 is 12.2 Å². The summed E-state index contributed by atoms with van der Waals surface area (Å²) in [4.78, 5) is 14.1. The van der Waals surface area contributed by atoms with E-state index in [9.17, 15) is 18.0 Å². The first-order chi connectivity index (χ1) is 16.8. The Morgan fingerprint density at radius 2 is 1.74 bits per heavy atom. The van der Waals surface area contributed by atoms with Crippen molar-refractivity contribution in [3.8, 4) is 17.2 Å². The predicted octanol–water partition coefficient (Wildman–Crippen LogP) is 5.92. The van der Waals surface area contributed by atoms with Crippen LogP contribution >= 0.6 is 0 Å². The second kappa shape index (κ2) is 10.9. The Balaban J connectivity index is 1.30. The number of hydrogen-bond acceptors (Lipinski definition) is 5. The summed E-state index contributed by atoms with van der Waals surface area (Å²) in [6, 6.07) is 16.7. The van der Waals surface area contributed by atoms with Gasteiger partial charge < -0.3 is 14.4 Å². The Labute approximate surface area is 200 Å². The SMILES string of the molecule is O=C(Nc1cccnn1)N1CCC(=Cc2cccc(Oc3ccc(OCC(F)(F)F)cc3)c2)CC1. The number of likely N-dealkylation sites (tertiary alicyclic amines) is 1. The lowest BCUT2D eigenvalue weighted by molar-refractivity contribution is -0.153.